The fraction of sp³-hybridized carbons (Fsp3) is 1.00. The summed E-state index contributed by atoms with van der Waals surface area (Å²) in [7, 11) is 4.22. The molecule has 1 unspecified atom stereocenters. The summed E-state index contributed by atoms with van der Waals surface area (Å²) in [5.41, 5.74) is 6.23. The highest BCUT2D eigenvalue weighted by Gasteiger charge is 2.45. The summed E-state index contributed by atoms with van der Waals surface area (Å²) in [6, 6.07) is 0.590. The van der Waals surface area contributed by atoms with Gasteiger partial charge < -0.3 is 10.6 Å². The molecule has 0 radical (unpaired) electrons. The summed E-state index contributed by atoms with van der Waals surface area (Å²) < 4.78 is 0. The summed E-state index contributed by atoms with van der Waals surface area (Å²) in [5, 5.41) is 0. The standard InChI is InChI=1S/C8H18N2/c1-4-7(10(2)3)8(9)5-6-8/h7H,4-6,9H2,1-3H3. The van der Waals surface area contributed by atoms with Gasteiger partial charge in [0.25, 0.3) is 0 Å². The molecular formula is C8H18N2. The van der Waals surface area contributed by atoms with Crippen LogP contribution in [0.15, 0.2) is 0 Å². The number of rotatable bonds is 3. The van der Waals surface area contributed by atoms with Gasteiger partial charge in [-0.25, -0.2) is 0 Å². The first kappa shape index (κ1) is 8.02. The van der Waals surface area contributed by atoms with Crippen LogP contribution in [0.25, 0.3) is 0 Å². The maximum absolute atomic E-state index is 6.06. The van der Waals surface area contributed by atoms with Gasteiger partial charge in [-0.05, 0) is 33.4 Å². The molecule has 1 fully saturated rings. The molecule has 1 atom stereocenters. The highest BCUT2D eigenvalue weighted by Crippen LogP contribution is 2.38. The Kier molecular flexibility index (Phi) is 2.02. The molecule has 2 nitrogen and oxygen atoms in total. The van der Waals surface area contributed by atoms with Crippen molar-refractivity contribution >= 4 is 0 Å². The van der Waals surface area contributed by atoms with Crippen molar-refractivity contribution in [3.05, 3.63) is 0 Å². The van der Waals surface area contributed by atoms with E-state index in [1.54, 1.807) is 0 Å². The van der Waals surface area contributed by atoms with Crippen LogP contribution in [0.4, 0.5) is 0 Å². The first-order valence-corrected chi connectivity index (χ1v) is 4.05. The van der Waals surface area contributed by atoms with E-state index < -0.39 is 0 Å². The van der Waals surface area contributed by atoms with Crippen molar-refractivity contribution in [2.24, 2.45) is 5.73 Å². The number of likely N-dealkylation sites (N-methyl/N-ethyl adjacent to an activating group) is 1. The van der Waals surface area contributed by atoms with Crippen molar-refractivity contribution < 1.29 is 0 Å². The predicted molar refractivity (Wildman–Crippen MR) is 43.9 cm³/mol. The minimum atomic E-state index is 0.165. The van der Waals surface area contributed by atoms with Crippen molar-refractivity contribution in [3.63, 3.8) is 0 Å². The molecule has 0 aromatic heterocycles. The number of hydrogen-bond donors (Lipinski definition) is 1. The van der Waals surface area contributed by atoms with Gasteiger partial charge >= 0.3 is 0 Å². The number of nitrogens with zero attached hydrogens (tertiary/aromatic N) is 1. The third kappa shape index (κ3) is 1.32. The lowest BCUT2D eigenvalue weighted by molar-refractivity contribution is 0.235. The van der Waals surface area contributed by atoms with Gasteiger partial charge in [-0.15, -0.1) is 0 Å². The monoisotopic (exact) mass is 142 g/mol. The summed E-state index contributed by atoms with van der Waals surface area (Å²) in [4.78, 5) is 2.24. The zero-order chi connectivity index (χ0) is 7.78. The van der Waals surface area contributed by atoms with Gasteiger partial charge in [-0.3, -0.25) is 0 Å². The molecule has 1 aliphatic rings. The van der Waals surface area contributed by atoms with Crippen LogP contribution in [0.5, 0.6) is 0 Å². The van der Waals surface area contributed by atoms with Gasteiger partial charge in [0, 0.05) is 11.6 Å². The van der Waals surface area contributed by atoms with Crippen LogP contribution in [-0.2, 0) is 0 Å². The van der Waals surface area contributed by atoms with Crippen molar-refractivity contribution in [2.45, 2.75) is 37.8 Å². The third-order valence-electron chi connectivity index (χ3n) is 2.50. The highest BCUT2D eigenvalue weighted by molar-refractivity contribution is 5.07. The molecular weight excluding hydrogens is 124 g/mol. The highest BCUT2D eigenvalue weighted by atomic mass is 15.1. The first-order chi connectivity index (χ1) is 4.60. The molecule has 2 heteroatoms. The molecule has 0 bridgehead atoms. The molecule has 0 spiro atoms. The minimum absolute atomic E-state index is 0.165. The minimum Gasteiger partial charge on any atom is -0.324 e. The second-order valence-electron chi connectivity index (χ2n) is 3.62. The van der Waals surface area contributed by atoms with Crippen molar-refractivity contribution in [1.29, 1.82) is 0 Å². The molecule has 2 N–H and O–H groups in total. The average Bonchev–Trinajstić information content (AvgIpc) is 2.49. The summed E-state index contributed by atoms with van der Waals surface area (Å²) in [5.74, 6) is 0. The van der Waals surface area contributed by atoms with Gasteiger partial charge in [-0.1, -0.05) is 6.92 Å². The van der Waals surface area contributed by atoms with Crippen LogP contribution in [0.2, 0.25) is 0 Å². The van der Waals surface area contributed by atoms with Gasteiger partial charge in [-0.2, -0.15) is 0 Å². The lowest BCUT2D eigenvalue weighted by Crippen LogP contribution is -2.45. The lowest BCUT2D eigenvalue weighted by atomic mass is 10.0. The summed E-state index contributed by atoms with van der Waals surface area (Å²) in [6.07, 6.45) is 3.59. The summed E-state index contributed by atoms with van der Waals surface area (Å²) >= 11 is 0. The van der Waals surface area contributed by atoms with E-state index in [9.17, 15) is 0 Å². The molecule has 0 aliphatic heterocycles. The van der Waals surface area contributed by atoms with Crippen molar-refractivity contribution in [3.8, 4) is 0 Å². The molecule has 0 aromatic rings. The van der Waals surface area contributed by atoms with Gasteiger partial charge in [0.15, 0.2) is 0 Å². The Morgan fingerprint density at radius 1 is 1.50 bits per heavy atom. The van der Waals surface area contributed by atoms with Crippen molar-refractivity contribution in [2.75, 3.05) is 14.1 Å². The molecule has 1 rings (SSSR count). The normalized spacial score (nSPS) is 24.9. The van der Waals surface area contributed by atoms with E-state index in [4.69, 9.17) is 5.73 Å². The molecule has 1 aliphatic carbocycles. The van der Waals surface area contributed by atoms with Crippen LogP contribution in [0.3, 0.4) is 0 Å². The zero-order valence-corrected chi connectivity index (χ0v) is 7.22. The quantitative estimate of drug-likeness (QED) is 0.632. The van der Waals surface area contributed by atoms with E-state index in [-0.39, 0.29) is 5.54 Å². The van der Waals surface area contributed by atoms with E-state index in [0.717, 1.165) is 0 Å². The van der Waals surface area contributed by atoms with Crippen LogP contribution in [-0.4, -0.2) is 30.6 Å². The zero-order valence-electron chi connectivity index (χ0n) is 7.22. The van der Waals surface area contributed by atoms with Crippen LogP contribution in [0.1, 0.15) is 26.2 Å². The van der Waals surface area contributed by atoms with Crippen LogP contribution in [0, 0.1) is 0 Å². The molecule has 0 aromatic carbocycles. The average molecular weight is 142 g/mol. The fourth-order valence-corrected chi connectivity index (χ4v) is 1.76. The topological polar surface area (TPSA) is 29.3 Å². The first-order valence-electron chi connectivity index (χ1n) is 4.05. The molecule has 0 heterocycles. The Balaban J connectivity index is 2.48. The maximum atomic E-state index is 6.06. The predicted octanol–water partition coefficient (Wildman–Crippen LogP) is 0.818. The van der Waals surface area contributed by atoms with Crippen molar-refractivity contribution in [1.82, 2.24) is 4.90 Å². The largest absolute Gasteiger partial charge is 0.324 e. The van der Waals surface area contributed by atoms with Crippen LogP contribution >= 0.6 is 0 Å². The molecule has 60 valence electrons. The Morgan fingerprint density at radius 3 is 2.10 bits per heavy atom. The maximum Gasteiger partial charge on any atom is 0.0313 e. The molecule has 0 saturated heterocycles. The second-order valence-corrected chi connectivity index (χ2v) is 3.62. The lowest BCUT2D eigenvalue weighted by Gasteiger charge is -2.28. The van der Waals surface area contributed by atoms with Gasteiger partial charge in [0.1, 0.15) is 0 Å². The fourth-order valence-electron chi connectivity index (χ4n) is 1.76. The Bertz CT molecular complexity index is 116. The number of hydrogen-bond acceptors (Lipinski definition) is 2. The van der Waals surface area contributed by atoms with E-state index in [0.29, 0.717) is 6.04 Å². The SMILES string of the molecule is CCC(N(C)C)C1(N)CC1. The molecule has 10 heavy (non-hydrogen) atoms. The Labute approximate surface area is 63.4 Å². The van der Waals surface area contributed by atoms with E-state index in [2.05, 4.69) is 25.9 Å². The number of nitrogens with two attached hydrogens (primary N) is 1. The second kappa shape index (κ2) is 2.51. The summed E-state index contributed by atoms with van der Waals surface area (Å²) in [6.45, 7) is 2.21. The molecule has 0 amide bonds. The molecule has 1 saturated carbocycles. The van der Waals surface area contributed by atoms with E-state index in [1.807, 2.05) is 0 Å². The van der Waals surface area contributed by atoms with Gasteiger partial charge in [0.2, 0.25) is 0 Å². The third-order valence-corrected chi connectivity index (χ3v) is 2.50. The van der Waals surface area contributed by atoms with Crippen LogP contribution < -0.4 is 5.73 Å². The van der Waals surface area contributed by atoms with E-state index >= 15 is 0 Å². The Hall–Kier alpha value is -0.0800. The van der Waals surface area contributed by atoms with Gasteiger partial charge in [0.05, 0.1) is 0 Å². The smallest absolute Gasteiger partial charge is 0.0313 e. The van der Waals surface area contributed by atoms with E-state index in [1.165, 1.54) is 19.3 Å². The Morgan fingerprint density at radius 2 is 2.00 bits per heavy atom.